The summed E-state index contributed by atoms with van der Waals surface area (Å²) >= 11 is 0. The van der Waals surface area contributed by atoms with Crippen LogP contribution in [0.4, 0.5) is 5.69 Å². The monoisotopic (exact) mass is 245 g/mol. The van der Waals surface area contributed by atoms with Crippen molar-refractivity contribution in [3.63, 3.8) is 0 Å². The highest BCUT2D eigenvalue weighted by molar-refractivity contribution is 6.00. The summed E-state index contributed by atoms with van der Waals surface area (Å²) in [4.78, 5) is 31.7. The Bertz CT molecular complexity index is 720. The molecule has 1 amide bonds. The summed E-state index contributed by atoms with van der Waals surface area (Å²) in [5, 5.41) is 0.449. The van der Waals surface area contributed by atoms with Crippen LogP contribution in [0.1, 0.15) is 5.82 Å². The number of likely N-dealkylation sites (N-methyl/N-ethyl adjacent to an activating group) is 1. The van der Waals surface area contributed by atoms with Crippen LogP contribution in [0.5, 0.6) is 5.75 Å². The third kappa shape index (κ3) is 1.46. The van der Waals surface area contributed by atoms with Crippen LogP contribution >= 0.6 is 0 Å². The topological polar surface area (TPSA) is 75.3 Å². The summed E-state index contributed by atoms with van der Waals surface area (Å²) in [6, 6.07) is 3.32. The van der Waals surface area contributed by atoms with Gasteiger partial charge in [0.05, 0.1) is 16.6 Å². The van der Waals surface area contributed by atoms with Gasteiger partial charge in [-0.1, -0.05) is 0 Å². The molecule has 1 aliphatic heterocycles. The Kier molecular flexibility index (Phi) is 2.13. The summed E-state index contributed by atoms with van der Waals surface area (Å²) in [6.45, 7) is 1.73. The fourth-order valence-electron chi connectivity index (χ4n) is 2.02. The zero-order valence-electron chi connectivity index (χ0n) is 9.98. The molecule has 0 aliphatic carbocycles. The second kappa shape index (κ2) is 3.56. The number of rotatable bonds is 0. The second-order valence-corrected chi connectivity index (χ2v) is 4.23. The predicted molar refractivity (Wildman–Crippen MR) is 66.0 cm³/mol. The van der Waals surface area contributed by atoms with Gasteiger partial charge >= 0.3 is 0 Å². The SMILES string of the molecule is Cc1nc2cc3c(cc2c(=O)[nH]1)N(C)C(=O)CO3. The minimum absolute atomic E-state index is 0.0111. The van der Waals surface area contributed by atoms with Gasteiger partial charge in [-0.2, -0.15) is 0 Å². The lowest BCUT2D eigenvalue weighted by Gasteiger charge is -2.26. The number of aromatic amines is 1. The van der Waals surface area contributed by atoms with Crippen molar-refractivity contribution in [2.45, 2.75) is 6.92 Å². The summed E-state index contributed by atoms with van der Waals surface area (Å²) in [5.74, 6) is 0.980. The van der Waals surface area contributed by atoms with Gasteiger partial charge in [0.1, 0.15) is 11.6 Å². The first-order valence-electron chi connectivity index (χ1n) is 5.50. The molecule has 0 radical (unpaired) electrons. The summed E-state index contributed by atoms with van der Waals surface area (Å²) in [6.07, 6.45) is 0. The van der Waals surface area contributed by atoms with Crippen molar-refractivity contribution >= 4 is 22.5 Å². The van der Waals surface area contributed by atoms with Gasteiger partial charge < -0.3 is 14.6 Å². The summed E-state index contributed by atoms with van der Waals surface area (Å²) < 4.78 is 5.35. The van der Waals surface area contributed by atoms with Gasteiger partial charge in [-0.05, 0) is 13.0 Å². The average Bonchev–Trinajstić information content (AvgIpc) is 2.32. The second-order valence-electron chi connectivity index (χ2n) is 4.23. The molecule has 1 aromatic carbocycles. The maximum Gasteiger partial charge on any atom is 0.264 e. The number of benzene rings is 1. The quantitative estimate of drug-likeness (QED) is 0.737. The van der Waals surface area contributed by atoms with Crippen molar-refractivity contribution in [3.8, 4) is 5.75 Å². The molecule has 1 aromatic heterocycles. The Morgan fingerprint density at radius 3 is 2.94 bits per heavy atom. The Morgan fingerprint density at radius 1 is 1.39 bits per heavy atom. The number of hydrogen-bond acceptors (Lipinski definition) is 4. The van der Waals surface area contributed by atoms with E-state index in [1.54, 1.807) is 26.1 Å². The first-order chi connectivity index (χ1) is 8.56. The largest absolute Gasteiger partial charge is 0.481 e. The Hall–Kier alpha value is -2.37. The van der Waals surface area contributed by atoms with Gasteiger partial charge in [0, 0.05) is 13.1 Å². The fourth-order valence-corrected chi connectivity index (χ4v) is 2.02. The lowest BCUT2D eigenvalue weighted by Crippen LogP contribution is -2.35. The Labute approximate surface area is 102 Å². The number of carbonyl (C=O) groups is 1. The molecule has 2 aromatic rings. The number of anilines is 1. The van der Waals surface area contributed by atoms with Crippen molar-refractivity contribution in [3.05, 3.63) is 28.3 Å². The van der Waals surface area contributed by atoms with E-state index in [9.17, 15) is 9.59 Å². The molecular weight excluding hydrogens is 234 g/mol. The lowest BCUT2D eigenvalue weighted by atomic mass is 10.1. The molecule has 0 saturated carbocycles. The van der Waals surface area contributed by atoms with Crippen LogP contribution in [0, 0.1) is 6.92 Å². The number of nitrogens with one attached hydrogen (secondary N) is 1. The van der Waals surface area contributed by atoms with E-state index >= 15 is 0 Å². The van der Waals surface area contributed by atoms with E-state index < -0.39 is 0 Å². The minimum atomic E-state index is -0.216. The third-order valence-corrected chi connectivity index (χ3v) is 2.99. The van der Waals surface area contributed by atoms with E-state index in [-0.39, 0.29) is 18.1 Å². The van der Waals surface area contributed by atoms with Gasteiger partial charge in [0.15, 0.2) is 6.61 Å². The molecule has 0 bridgehead atoms. The average molecular weight is 245 g/mol. The van der Waals surface area contributed by atoms with Crippen molar-refractivity contribution in [2.75, 3.05) is 18.6 Å². The first kappa shape index (κ1) is 10.8. The minimum Gasteiger partial charge on any atom is -0.481 e. The number of fused-ring (bicyclic) bond motifs is 2. The molecule has 0 unspecified atom stereocenters. The molecule has 2 heterocycles. The highest BCUT2D eigenvalue weighted by Gasteiger charge is 2.23. The number of nitrogens with zero attached hydrogens (tertiary/aromatic N) is 2. The number of hydrogen-bond donors (Lipinski definition) is 1. The van der Waals surface area contributed by atoms with E-state index in [4.69, 9.17) is 4.74 Å². The molecule has 0 atom stereocenters. The molecule has 1 N–H and O–H groups in total. The molecule has 92 valence electrons. The van der Waals surface area contributed by atoms with Crippen LogP contribution in [0.25, 0.3) is 10.9 Å². The maximum atomic E-state index is 11.8. The lowest BCUT2D eigenvalue weighted by molar-refractivity contribution is -0.120. The van der Waals surface area contributed by atoms with Gasteiger partial charge in [-0.15, -0.1) is 0 Å². The number of ether oxygens (including phenoxy) is 1. The Morgan fingerprint density at radius 2 is 2.17 bits per heavy atom. The van der Waals surface area contributed by atoms with Crippen LogP contribution < -0.4 is 15.2 Å². The van der Waals surface area contributed by atoms with Gasteiger partial charge in [-0.3, -0.25) is 9.59 Å². The van der Waals surface area contributed by atoms with Crippen molar-refractivity contribution in [1.29, 1.82) is 0 Å². The highest BCUT2D eigenvalue weighted by atomic mass is 16.5. The number of carbonyl (C=O) groups excluding carboxylic acids is 1. The Balaban J connectivity index is 2.34. The third-order valence-electron chi connectivity index (χ3n) is 2.99. The molecule has 6 heteroatoms. The molecular formula is C12H11N3O3. The van der Waals surface area contributed by atoms with E-state index in [1.165, 1.54) is 4.90 Å². The fraction of sp³-hybridized carbons (Fsp3) is 0.250. The number of amides is 1. The van der Waals surface area contributed by atoms with E-state index in [1.807, 2.05) is 0 Å². The van der Waals surface area contributed by atoms with E-state index in [0.29, 0.717) is 28.2 Å². The number of aryl methyl sites for hydroxylation is 1. The number of aromatic nitrogens is 2. The van der Waals surface area contributed by atoms with Crippen molar-refractivity contribution < 1.29 is 9.53 Å². The zero-order valence-corrected chi connectivity index (χ0v) is 9.98. The summed E-state index contributed by atoms with van der Waals surface area (Å²) in [5.41, 5.74) is 0.944. The standard InChI is InChI=1S/C12H11N3O3/c1-6-13-8-4-10-9(3-7(8)12(17)14-6)15(2)11(16)5-18-10/h3-4H,5H2,1-2H3,(H,13,14,17). The zero-order chi connectivity index (χ0) is 12.9. The highest BCUT2D eigenvalue weighted by Crippen LogP contribution is 2.33. The van der Waals surface area contributed by atoms with Crippen LogP contribution in [0.15, 0.2) is 16.9 Å². The van der Waals surface area contributed by atoms with Gasteiger partial charge in [0.25, 0.3) is 11.5 Å². The molecule has 0 spiro atoms. The molecule has 3 rings (SSSR count). The van der Waals surface area contributed by atoms with Crippen LogP contribution in [-0.4, -0.2) is 29.5 Å². The molecule has 0 saturated heterocycles. The maximum absolute atomic E-state index is 11.8. The molecule has 0 fully saturated rings. The van der Waals surface area contributed by atoms with Gasteiger partial charge in [-0.25, -0.2) is 4.98 Å². The molecule has 6 nitrogen and oxygen atoms in total. The van der Waals surface area contributed by atoms with E-state index in [2.05, 4.69) is 9.97 Å². The van der Waals surface area contributed by atoms with Crippen LogP contribution in [0.2, 0.25) is 0 Å². The normalized spacial score (nSPS) is 14.6. The molecule has 1 aliphatic rings. The van der Waals surface area contributed by atoms with Crippen LogP contribution in [0.3, 0.4) is 0 Å². The van der Waals surface area contributed by atoms with Gasteiger partial charge in [0.2, 0.25) is 0 Å². The smallest absolute Gasteiger partial charge is 0.264 e. The number of H-pyrrole nitrogens is 1. The van der Waals surface area contributed by atoms with Crippen molar-refractivity contribution in [1.82, 2.24) is 9.97 Å². The first-order valence-corrected chi connectivity index (χ1v) is 5.50. The summed E-state index contributed by atoms with van der Waals surface area (Å²) in [7, 11) is 1.66. The molecule has 18 heavy (non-hydrogen) atoms. The van der Waals surface area contributed by atoms with Crippen molar-refractivity contribution in [2.24, 2.45) is 0 Å². The van der Waals surface area contributed by atoms with Crippen LogP contribution in [-0.2, 0) is 4.79 Å². The predicted octanol–water partition coefficient (Wildman–Crippen LogP) is 0.587. The van der Waals surface area contributed by atoms with E-state index in [0.717, 1.165) is 0 Å².